The van der Waals surface area contributed by atoms with Gasteiger partial charge in [0.2, 0.25) is 5.91 Å². The minimum absolute atomic E-state index is 0.0227. The number of rotatable bonds is 4. The Morgan fingerprint density at radius 3 is 2.92 bits per heavy atom. The molecule has 0 unspecified atom stereocenters. The van der Waals surface area contributed by atoms with Gasteiger partial charge in [0, 0.05) is 12.0 Å². The molecular formula is C16H16N2O6. The van der Waals surface area contributed by atoms with Crippen LogP contribution in [0.15, 0.2) is 18.2 Å². The number of amides is 1. The smallest absolute Gasteiger partial charge is 0.310 e. The number of non-ortho nitro benzene ring substituents is 1. The van der Waals surface area contributed by atoms with E-state index in [0.29, 0.717) is 5.69 Å². The van der Waals surface area contributed by atoms with Crippen LogP contribution in [0, 0.1) is 33.8 Å². The normalized spacial score (nSPS) is 32.5. The Labute approximate surface area is 137 Å². The average molecular weight is 332 g/mol. The van der Waals surface area contributed by atoms with Crippen molar-refractivity contribution in [2.45, 2.75) is 18.9 Å². The monoisotopic (exact) mass is 332 g/mol. The summed E-state index contributed by atoms with van der Waals surface area (Å²) in [6.45, 7) is 0. The van der Waals surface area contributed by atoms with Crippen LogP contribution in [0.3, 0.4) is 0 Å². The van der Waals surface area contributed by atoms with Gasteiger partial charge in [0.05, 0.1) is 35.6 Å². The number of carbonyl (C=O) groups excluding carboxylic acids is 2. The standard InChI is InChI=1S/C16H16N2O6/c1-23-12-6-8(18(21)22)2-3-10(12)17-15(19)13-7-4-9-11(5-7)24-16(20)14(9)13/h2-3,6-7,9,11,13-14H,4-5H2,1H3,(H,17,19)/t7-,9+,11-,13-,14+/m1/s1. The molecular weight excluding hydrogens is 316 g/mol. The Kier molecular flexibility index (Phi) is 3.22. The Balaban J connectivity index is 1.57. The molecule has 2 bridgehead atoms. The van der Waals surface area contributed by atoms with Gasteiger partial charge in [-0.3, -0.25) is 19.7 Å². The van der Waals surface area contributed by atoms with E-state index >= 15 is 0 Å². The van der Waals surface area contributed by atoms with Crippen LogP contribution in [0.1, 0.15) is 12.8 Å². The molecule has 3 aliphatic rings. The first-order chi connectivity index (χ1) is 11.5. The fourth-order valence-corrected chi connectivity index (χ4v) is 4.48. The zero-order valence-corrected chi connectivity index (χ0v) is 12.9. The fraction of sp³-hybridized carbons (Fsp3) is 0.500. The van der Waals surface area contributed by atoms with E-state index in [2.05, 4.69) is 5.32 Å². The molecule has 1 aliphatic heterocycles. The van der Waals surface area contributed by atoms with E-state index in [4.69, 9.17) is 9.47 Å². The SMILES string of the molecule is COc1cc([N+](=O)[O-])ccc1NC(=O)[C@@H]1[C@@H]2C[C@@H]3[C@@H]1C(=O)O[C@@H]3C2. The Morgan fingerprint density at radius 2 is 2.21 bits per heavy atom. The van der Waals surface area contributed by atoms with E-state index < -0.39 is 10.8 Å². The van der Waals surface area contributed by atoms with Crippen LogP contribution in [0.25, 0.3) is 0 Å². The van der Waals surface area contributed by atoms with E-state index in [9.17, 15) is 19.7 Å². The molecule has 1 aromatic rings. The molecule has 24 heavy (non-hydrogen) atoms. The molecule has 2 saturated carbocycles. The predicted molar refractivity (Wildman–Crippen MR) is 81.4 cm³/mol. The first kappa shape index (κ1) is 14.9. The molecule has 4 rings (SSSR count). The van der Waals surface area contributed by atoms with E-state index in [-0.39, 0.29) is 47.2 Å². The molecule has 1 N–H and O–H groups in total. The first-order valence-electron chi connectivity index (χ1n) is 7.83. The van der Waals surface area contributed by atoms with Gasteiger partial charge in [-0.25, -0.2) is 0 Å². The molecule has 1 aromatic carbocycles. The summed E-state index contributed by atoms with van der Waals surface area (Å²) in [5.41, 5.74) is 0.241. The van der Waals surface area contributed by atoms with Crippen molar-refractivity contribution in [3.63, 3.8) is 0 Å². The summed E-state index contributed by atoms with van der Waals surface area (Å²) in [7, 11) is 1.38. The third-order valence-electron chi connectivity index (χ3n) is 5.44. The summed E-state index contributed by atoms with van der Waals surface area (Å²) in [5.74, 6) is -0.776. The molecule has 1 saturated heterocycles. The van der Waals surface area contributed by atoms with Crippen LogP contribution < -0.4 is 10.1 Å². The molecule has 8 heteroatoms. The third kappa shape index (κ3) is 2.05. The van der Waals surface area contributed by atoms with Gasteiger partial charge in [-0.1, -0.05) is 0 Å². The number of fused-ring (bicyclic) bond motifs is 1. The predicted octanol–water partition coefficient (Wildman–Crippen LogP) is 1.74. The van der Waals surface area contributed by atoms with Crippen molar-refractivity contribution in [3.05, 3.63) is 28.3 Å². The number of nitrogens with one attached hydrogen (secondary N) is 1. The zero-order valence-electron chi connectivity index (χ0n) is 12.9. The lowest BCUT2D eigenvalue weighted by atomic mass is 9.79. The minimum Gasteiger partial charge on any atom is -0.494 e. The molecule has 1 amide bonds. The lowest BCUT2D eigenvalue weighted by Gasteiger charge is -2.23. The Hall–Kier alpha value is -2.64. The lowest BCUT2D eigenvalue weighted by molar-refractivity contribution is -0.384. The van der Waals surface area contributed by atoms with Crippen LogP contribution >= 0.6 is 0 Å². The number of anilines is 1. The number of hydrogen-bond donors (Lipinski definition) is 1. The number of methoxy groups -OCH3 is 1. The van der Waals surface area contributed by atoms with Gasteiger partial charge in [-0.05, 0) is 24.8 Å². The summed E-state index contributed by atoms with van der Waals surface area (Å²) in [5, 5.41) is 13.6. The maximum atomic E-state index is 12.7. The number of benzene rings is 1. The summed E-state index contributed by atoms with van der Waals surface area (Å²) in [6, 6.07) is 4.01. The maximum Gasteiger partial charge on any atom is 0.310 e. The van der Waals surface area contributed by atoms with E-state index in [1.165, 1.54) is 25.3 Å². The van der Waals surface area contributed by atoms with Gasteiger partial charge in [0.25, 0.3) is 5.69 Å². The Morgan fingerprint density at radius 1 is 1.42 bits per heavy atom. The first-order valence-corrected chi connectivity index (χ1v) is 7.83. The average Bonchev–Trinajstić information content (AvgIpc) is 3.16. The topological polar surface area (TPSA) is 108 Å². The number of nitro benzene ring substituents is 1. The third-order valence-corrected chi connectivity index (χ3v) is 5.44. The second-order valence-corrected chi connectivity index (χ2v) is 6.55. The highest BCUT2D eigenvalue weighted by atomic mass is 16.6. The number of esters is 1. The van der Waals surface area contributed by atoms with Gasteiger partial charge in [-0.15, -0.1) is 0 Å². The molecule has 0 spiro atoms. The van der Waals surface area contributed by atoms with Crippen molar-refractivity contribution in [2.75, 3.05) is 12.4 Å². The van der Waals surface area contributed by atoms with Crippen molar-refractivity contribution < 1.29 is 24.0 Å². The minimum atomic E-state index is -0.529. The van der Waals surface area contributed by atoms with Gasteiger partial charge in [0.1, 0.15) is 11.9 Å². The lowest BCUT2D eigenvalue weighted by Crippen LogP contribution is -2.35. The van der Waals surface area contributed by atoms with Crippen molar-refractivity contribution in [2.24, 2.45) is 23.7 Å². The molecule has 2 aliphatic carbocycles. The van der Waals surface area contributed by atoms with Crippen molar-refractivity contribution in [1.29, 1.82) is 0 Å². The fourth-order valence-electron chi connectivity index (χ4n) is 4.48. The van der Waals surface area contributed by atoms with Crippen LogP contribution in [0.5, 0.6) is 5.75 Å². The van der Waals surface area contributed by atoms with Gasteiger partial charge in [-0.2, -0.15) is 0 Å². The number of nitrogens with zero attached hydrogens (tertiary/aromatic N) is 1. The number of carbonyl (C=O) groups is 2. The van der Waals surface area contributed by atoms with E-state index in [1.807, 2.05) is 0 Å². The quantitative estimate of drug-likeness (QED) is 0.511. The van der Waals surface area contributed by atoms with Crippen LogP contribution in [-0.2, 0) is 14.3 Å². The highest BCUT2D eigenvalue weighted by molar-refractivity contribution is 5.98. The molecule has 0 aromatic heterocycles. The second kappa shape index (κ2) is 5.19. The van der Waals surface area contributed by atoms with Crippen molar-refractivity contribution in [1.82, 2.24) is 0 Å². The largest absolute Gasteiger partial charge is 0.494 e. The molecule has 3 fully saturated rings. The van der Waals surface area contributed by atoms with Gasteiger partial charge in [0.15, 0.2) is 0 Å². The molecule has 8 nitrogen and oxygen atoms in total. The van der Waals surface area contributed by atoms with Gasteiger partial charge < -0.3 is 14.8 Å². The summed E-state index contributed by atoms with van der Waals surface area (Å²) in [6.07, 6.45) is 1.56. The number of nitro groups is 1. The van der Waals surface area contributed by atoms with Gasteiger partial charge >= 0.3 is 5.97 Å². The summed E-state index contributed by atoms with van der Waals surface area (Å²) >= 11 is 0. The maximum absolute atomic E-state index is 12.7. The second-order valence-electron chi connectivity index (χ2n) is 6.55. The van der Waals surface area contributed by atoms with Crippen LogP contribution in [0.2, 0.25) is 0 Å². The highest BCUT2D eigenvalue weighted by Gasteiger charge is 2.63. The molecule has 0 radical (unpaired) electrons. The molecule has 5 atom stereocenters. The summed E-state index contributed by atoms with van der Waals surface area (Å²) in [4.78, 5) is 35.0. The summed E-state index contributed by atoms with van der Waals surface area (Å²) < 4.78 is 10.5. The number of ether oxygens (including phenoxy) is 2. The zero-order chi connectivity index (χ0) is 17.0. The van der Waals surface area contributed by atoms with Crippen molar-refractivity contribution in [3.8, 4) is 5.75 Å². The van der Waals surface area contributed by atoms with Crippen LogP contribution in [-0.4, -0.2) is 30.0 Å². The number of hydrogen-bond acceptors (Lipinski definition) is 6. The van der Waals surface area contributed by atoms with E-state index in [1.54, 1.807) is 0 Å². The molecule has 1 heterocycles. The highest BCUT2D eigenvalue weighted by Crippen LogP contribution is 2.57. The van der Waals surface area contributed by atoms with Crippen LogP contribution in [0.4, 0.5) is 11.4 Å². The van der Waals surface area contributed by atoms with E-state index in [0.717, 1.165) is 12.8 Å². The molecule has 126 valence electrons. The van der Waals surface area contributed by atoms with Crippen molar-refractivity contribution >= 4 is 23.3 Å². The Bertz CT molecular complexity index is 746.